The summed E-state index contributed by atoms with van der Waals surface area (Å²) in [6.45, 7) is 8.03. The summed E-state index contributed by atoms with van der Waals surface area (Å²) in [4.78, 5) is 0. The topological polar surface area (TPSA) is 12.0 Å². The molecular weight excluding hydrogens is 238 g/mol. The number of rotatable bonds is 4. The molecule has 1 heterocycles. The minimum absolute atomic E-state index is 0.244. The first-order chi connectivity index (χ1) is 8.46. The lowest BCUT2D eigenvalue weighted by Gasteiger charge is -2.35. The fourth-order valence-electron chi connectivity index (χ4n) is 3.64. The van der Waals surface area contributed by atoms with Gasteiger partial charge < -0.3 is 5.32 Å². The second-order valence-corrected chi connectivity index (χ2v) is 8.36. The lowest BCUT2D eigenvalue weighted by atomic mass is 9.77. The van der Waals surface area contributed by atoms with Crippen LogP contribution in [-0.4, -0.2) is 12.1 Å². The molecule has 0 spiro atoms. The van der Waals surface area contributed by atoms with Gasteiger partial charge in [-0.1, -0.05) is 0 Å². The molecule has 0 aliphatic heterocycles. The second-order valence-electron chi connectivity index (χ2n) is 7.58. The van der Waals surface area contributed by atoms with Crippen LogP contribution in [0.2, 0.25) is 0 Å². The molecule has 2 aliphatic rings. The number of fused-ring (bicyclic) bond motifs is 1. The monoisotopic (exact) mass is 263 g/mol. The van der Waals surface area contributed by atoms with Gasteiger partial charge in [0.15, 0.2) is 0 Å². The third kappa shape index (κ3) is 2.80. The van der Waals surface area contributed by atoms with Gasteiger partial charge in [-0.15, -0.1) is 0 Å². The van der Waals surface area contributed by atoms with Crippen molar-refractivity contribution in [2.75, 3.05) is 6.54 Å². The third-order valence-electron chi connectivity index (χ3n) is 4.61. The zero-order valence-corrected chi connectivity index (χ0v) is 12.6. The Kier molecular flexibility index (Phi) is 3.06. The van der Waals surface area contributed by atoms with E-state index in [1.165, 1.54) is 32.2 Å². The molecule has 0 aromatic carbocycles. The van der Waals surface area contributed by atoms with E-state index >= 15 is 0 Å². The molecule has 1 nitrogen and oxygen atoms in total. The highest BCUT2D eigenvalue weighted by Crippen LogP contribution is 2.60. The van der Waals surface area contributed by atoms with Crippen LogP contribution in [0.3, 0.4) is 0 Å². The van der Waals surface area contributed by atoms with Gasteiger partial charge in [-0.2, -0.15) is 11.3 Å². The number of thiophene rings is 1. The van der Waals surface area contributed by atoms with Crippen LogP contribution in [-0.2, 0) is 6.42 Å². The van der Waals surface area contributed by atoms with E-state index in [0.717, 1.165) is 11.8 Å². The SMILES string of the molecule is CC(C)(C)NCC1(Cc2ccsc2)CC2CC2C1. The van der Waals surface area contributed by atoms with Crippen molar-refractivity contribution in [3.63, 3.8) is 0 Å². The van der Waals surface area contributed by atoms with E-state index in [4.69, 9.17) is 0 Å². The molecule has 2 aliphatic carbocycles. The predicted molar refractivity (Wildman–Crippen MR) is 79.0 cm³/mol. The summed E-state index contributed by atoms with van der Waals surface area (Å²) in [6, 6.07) is 2.31. The maximum atomic E-state index is 3.76. The molecule has 1 N–H and O–H groups in total. The van der Waals surface area contributed by atoms with E-state index in [2.05, 4.69) is 42.9 Å². The number of nitrogens with one attached hydrogen (secondary N) is 1. The van der Waals surface area contributed by atoms with Crippen LogP contribution in [0, 0.1) is 17.3 Å². The van der Waals surface area contributed by atoms with Crippen molar-refractivity contribution in [2.45, 2.75) is 52.0 Å². The molecule has 100 valence electrons. The van der Waals surface area contributed by atoms with Gasteiger partial charge in [0, 0.05) is 12.1 Å². The van der Waals surface area contributed by atoms with Crippen molar-refractivity contribution in [1.29, 1.82) is 0 Å². The fourth-order valence-corrected chi connectivity index (χ4v) is 4.30. The molecule has 0 radical (unpaired) electrons. The first kappa shape index (κ1) is 12.7. The smallest absolute Gasteiger partial charge is 0.00967 e. The number of hydrogen-bond acceptors (Lipinski definition) is 2. The minimum Gasteiger partial charge on any atom is -0.312 e. The van der Waals surface area contributed by atoms with Gasteiger partial charge in [0.25, 0.3) is 0 Å². The fraction of sp³-hybridized carbons (Fsp3) is 0.750. The second kappa shape index (κ2) is 4.35. The van der Waals surface area contributed by atoms with Crippen LogP contribution in [0.25, 0.3) is 0 Å². The lowest BCUT2D eigenvalue weighted by Crippen LogP contribution is -2.44. The summed E-state index contributed by atoms with van der Waals surface area (Å²) in [7, 11) is 0. The van der Waals surface area contributed by atoms with Gasteiger partial charge in [-0.25, -0.2) is 0 Å². The van der Waals surface area contributed by atoms with Gasteiger partial charge in [0.05, 0.1) is 0 Å². The summed E-state index contributed by atoms with van der Waals surface area (Å²) < 4.78 is 0. The molecule has 3 rings (SSSR count). The van der Waals surface area contributed by atoms with Crippen LogP contribution in [0.4, 0.5) is 0 Å². The highest BCUT2D eigenvalue weighted by Gasteiger charge is 2.53. The van der Waals surface area contributed by atoms with Gasteiger partial charge in [0.2, 0.25) is 0 Å². The Bertz CT molecular complexity index is 391. The third-order valence-corrected chi connectivity index (χ3v) is 5.34. The van der Waals surface area contributed by atoms with E-state index in [-0.39, 0.29) is 5.54 Å². The standard InChI is InChI=1S/C16H25NS/c1-15(2,3)17-11-16(7-12-4-5-18-10-12)8-13-6-14(13)9-16/h4-5,10,13-14,17H,6-9,11H2,1-3H3. The molecule has 2 heteroatoms. The van der Waals surface area contributed by atoms with Gasteiger partial charge >= 0.3 is 0 Å². The zero-order chi connectivity index (χ0) is 12.8. The first-order valence-electron chi connectivity index (χ1n) is 7.22. The van der Waals surface area contributed by atoms with E-state index in [1.807, 2.05) is 11.3 Å². The largest absolute Gasteiger partial charge is 0.312 e. The molecular formula is C16H25NS. The highest BCUT2D eigenvalue weighted by molar-refractivity contribution is 7.07. The summed E-state index contributed by atoms with van der Waals surface area (Å²) >= 11 is 1.84. The average molecular weight is 263 g/mol. The number of hydrogen-bond donors (Lipinski definition) is 1. The van der Waals surface area contributed by atoms with Crippen LogP contribution in [0.1, 0.15) is 45.6 Å². The molecule has 2 fully saturated rings. The van der Waals surface area contributed by atoms with Crippen molar-refractivity contribution in [3.8, 4) is 0 Å². The summed E-state index contributed by atoms with van der Waals surface area (Å²) in [6.07, 6.45) is 5.71. The zero-order valence-electron chi connectivity index (χ0n) is 11.8. The van der Waals surface area contributed by atoms with E-state index < -0.39 is 0 Å². The molecule has 2 saturated carbocycles. The summed E-state index contributed by atoms with van der Waals surface area (Å²) in [5.41, 5.74) is 2.34. The Morgan fingerprint density at radius 2 is 2.06 bits per heavy atom. The van der Waals surface area contributed by atoms with Crippen molar-refractivity contribution < 1.29 is 0 Å². The van der Waals surface area contributed by atoms with Crippen LogP contribution in [0.15, 0.2) is 16.8 Å². The minimum atomic E-state index is 0.244. The van der Waals surface area contributed by atoms with Crippen molar-refractivity contribution in [2.24, 2.45) is 17.3 Å². The molecule has 1 aromatic rings. The van der Waals surface area contributed by atoms with E-state index in [1.54, 1.807) is 5.56 Å². The molecule has 0 saturated heterocycles. The first-order valence-corrected chi connectivity index (χ1v) is 8.16. The van der Waals surface area contributed by atoms with Crippen LogP contribution < -0.4 is 5.32 Å². The van der Waals surface area contributed by atoms with Crippen molar-refractivity contribution in [1.82, 2.24) is 5.32 Å². The lowest BCUT2D eigenvalue weighted by molar-refractivity contribution is 0.222. The highest BCUT2D eigenvalue weighted by atomic mass is 32.1. The summed E-state index contributed by atoms with van der Waals surface area (Å²) in [5, 5.41) is 8.32. The quantitative estimate of drug-likeness (QED) is 0.862. The Morgan fingerprint density at radius 1 is 1.33 bits per heavy atom. The van der Waals surface area contributed by atoms with E-state index in [9.17, 15) is 0 Å². The maximum absolute atomic E-state index is 3.76. The molecule has 18 heavy (non-hydrogen) atoms. The molecule has 1 aromatic heterocycles. The van der Waals surface area contributed by atoms with Gasteiger partial charge in [0.1, 0.15) is 0 Å². The van der Waals surface area contributed by atoms with Crippen LogP contribution in [0.5, 0.6) is 0 Å². The summed E-state index contributed by atoms with van der Waals surface area (Å²) in [5.74, 6) is 2.12. The van der Waals surface area contributed by atoms with Gasteiger partial charge in [-0.3, -0.25) is 0 Å². The molecule has 2 unspecified atom stereocenters. The average Bonchev–Trinajstić information content (AvgIpc) is 2.73. The Hall–Kier alpha value is -0.340. The van der Waals surface area contributed by atoms with Crippen molar-refractivity contribution >= 4 is 11.3 Å². The Balaban J connectivity index is 1.68. The van der Waals surface area contributed by atoms with Crippen LogP contribution >= 0.6 is 11.3 Å². The Morgan fingerprint density at radius 3 is 2.61 bits per heavy atom. The molecule has 0 amide bonds. The molecule has 0 bridgehead atoms. The normalized spacial score (nSPS) is 34.6. The van der Waals surface area contributed by atoms with E-state index in [0.29, 0.717) is 5.41 Å². The Labute approximate surface area is 115 Å². The van der Waals surface area contributed by atoms with Crippen molar-refractivity contribution in [3.05, 3.63) is 22.4 Å². The van der Waals surface area contributed by atoms with Gasteiger partial charge in [-0.05, 0) is 86.1 Å². The molecule has 2 atom stereocenters. The maximum Gasteiger partial charge on any atom is 0.00967 e. The predicted octanol–water partition coefficient (Wildman–Crippen LogP) is 4.10.